The summed E-state index contributed by atoms with van der Waals surface area (Å²) in [4.78, 5) is 0. The maximum absolute atomic E-state index is 10.5. The number of fused-ring (bicyclic) bond motifs is 1. The second kappa shape index (κ2) is 11.2. The molecule has 3 fully saturated rings. The molecule has 0 radical (unpaired) electrons. The van der Waals surface area contributed by atoms with Gasteiger partial charge in [-0.3, -0.25) is 0 Å². The first-order valence-corrected chi connectivity index (χ1v) is 13.4. The van der Waals surface area contributed by atoms with Gasteiger partial charge in [-0.05, 0) is 99.5 Å². The van der Waals surface area contributed by atoms with Crippen LogP contribution in [0.2, 0.25) is 0 Å². The average molecular weight is 461 g/mol. The van der Waals surface area contributed by atoms with Crippen LogP contribution < -0.4 is 0 Å². The Balaban J connectivity index is 1.62. The number of rotatable bonds is 9. The highest BCUT2D eigenvalue weighted by Gasteiger charge is 2.51. The molecule has 6 atom stereocenters. The number of aliphatic hydroxyl groups is 3. The summed E-state index contributed by atoms with van der Waals surface area (Å²) < 4.78 is 6.34. The third-order valence-electron chi connectivity index (χ3n) is 9.35. The molecular formula is C29H48O4. The molecule has 3 aliphatic rings. The van der Waals surface area contributed by atoms with Crippen molar-refractivity contribution in [3.63, 3.8) is 0 Å². The van der Waals surface area contributed by atoms with E-state index in [-0.39, 0.29) is 11.5 Å². The highest BCUT2D eigenvalue weighted by atomic mass is 16.5. The first kappa shape index (κ1) is 26.7. The second-order valence-electron chi connectivity index (χ2n) is 11.3. The SMILES string of the molecule is C=C1/C(=C/C=C2\CCC[C@]3(C)[C@@H]([C@@H](C)OCCCC(O)(CC)CC)CC[C@@H]23)C[C@@H](O)C[C@@H]1O. The van der Waals surface area contributed by atoms with E-state index in [1.165, 1.54) is 31.3 Å². The topological polar surface area (TPSA) is 69.9 Å². The molecule has 0 spiro atoms. The van der Waals surface area contributed by atoms with Crippen LogP contribution in [0.25, 0.3) is 0 Å². The van der Waals surface area contributed by atoms with Gasteiger partial charge in [0, 0.05) is 13.0 Å². The molecule has 0 aromatic heterocycles. The maximum atomic E-state index is 10.5. The Morgan fingerprint density at radius 2 is 1.94 bits per heavy atom. The molecule has 3 aliphatic carbocycles. The Hall–Kier alpha value is -0.940. The summed E-state index contributed by atoms with van der Waals surface area (Å²) in [5.74, 6) is 1.14. The van der Waals surface area contributed by atoms with Crippen molar-refractivity contribution in [3.8, 4) is 0 Å². The van der Waals surface area contributed by atoms with Gasteiger partial charge in [-0.25, -0.2) is 0 Å². The number of hydrogen-bond acceptors (Lipinski definition) is 4. The minimum absolute atomic E-state index is 0.234. The van der Waals surface area contributed by atoms with Crippen LogP contribution in [0.1, 0.15) is 98.3 Å². The fraction of sp³-hybridized carbons (Fsp3) is 0.793. The van der Waals surface area contributed by atoms with Crippen molar-refractivity contribution in [2.24, 2.45) is 17.3 Å². The van der Waals surface area contributed by atoms with E-state index in [0.29, 0.717) is 24.7 Å². The van der Waals surface area contributed by atoms with Gasteiger partial charge < -0.3 is 20.1 Å². The van der Waals surface area contributed by atoms with Crippen molar-refractivity contribution in [3.05, 3.63) is 35.5 Å². The molecule has 4 nitrogen and oxygen atoms in total. The van der Waals surface area contributed by atoms with Gasteiger partial charge in [-0.2, -0.15) is 0 Å². The van der Waals surface area contributed by atoms with Gasteiger partial charge in [0.15, 0.2) is 0 Å². The number of hydrogen-bond donors (Lipinski definition) is 3. The molecular weight excluding hydrogens is 412 g/mol. The fourth-order valence-corrected chi connectivity index (χ4v) is 6.91. The van der Waals surface area contributed by atoms with Crippen LogP contribution in [0, 0.1) is 17.3 Å². The minimum atomic E-state index is -0.630. The zero-order valence-corrected chi connectivity index (χ0v) is 21.5. The largest absolute Gasteiger partial charge is 0.393 e. The maximum Gasteiger partial charge on any atom is 0.0811 e. The lowest BCUT2D eigenvalue weighted by Gasteiger charge is -2.44. The average Bonchev–Trinajstić information content (AvgIpc) is 3.15. The molecule has 33 heavy (non-hydrogen) atoms. The monoisotopic (exact) mass is 460 g/mol. The minimum Gasteiger partial charge on any atom is -0.393 e. The first-order chi connectivity index (χ1) is 15.6. The van der Waals surface area contributed by atoms with Crippen molar-refractivity contribution in [2.45, 2.75) is 122 Å². The Labute approximate surface area is 201 Å². The van der Waals surface area contributed by atoms with Gasteiger partial charge >= 0.3 is 0 Å². The Morgan fingerprint density at radius 3 is 2.64 bits per heavy atom. The van der Waals surface area contributed by atoms with Crippen LogP contribution in [-0.4, -0.2) is 45.8 Å². The molecule has 3 saturated carbocycles. The summed E-state index contributed by atoms with van der Waals surface area (Å²) in [5.41, 5.74) is 3.00. The van der Waals surface area contributed by atoms with Crippen molar-refractivity contribution >= 4 is 0 Å². The lowest BCUT2D eigenvalue weighted by atomic mass is 9.62. The van der Waals surface area contributed by atoms with E-state index in [2.05, 4.69) is 46.4 Å². The van der Waals surface area contributed by atoms with E-state index < -0.39 is 17.8 Å². The first-order valence-electron chi connectivity index (χ1n) is 13.4. The molecule has 3 N–H and O–H groups in total. The summed E-state index contributed by atoms with van der Waals surface area (Å²) in [7, 11) is 0. The Morgan fingerprint density at radius 1 is 1.21 bits per heavy atom. The smallest absolute Gasteiger partial charge is 0.0811 e. The van der Waals surface area contributed by atoms with Crippen LogP contribution in [0.15, 0.2) is 35.5 Å². The lowest BCUT2D eigenvalue weighted by Crippen LogP contribution is -2.39. The molecule has 4 heteroatoms. The summed E-state index contributed by atoms with van der Waals surface area (Å²) in [5, 5.41) is 30.7. The number of ether oxygens (including phenoxy) is 1. The molecule has 0 heterocycles. The van der Waals surface area contributed by atoms with Crippen LogP contribution in [-0.2, 0) is 4.74 Å². The number of aliphatic hydroxyl groups excluding tert-OH is 2. The second-order valence-corrected chi connectivity index (χ2v) is 11.3. The summed E-state index contributed by atoms with van der Waals surface area (Å²) in [6, 6.07) is 0. The molecule has 3 rings (SSSR count). The zero-order valence-electron chi connectivity index (χ0n) is 21.5. The van der Waals surface area contributed by atoms with Crippen molar-refractivity contribution in [1.82, 2.24) is 0 Å². The Kier molecular flexibility index (Phi) is 9.05. The van der Waals surface area contributed by atoms with Crippen molar-refractivity contribution in [1.29, 1.82) is 0 Å². The summed E-state index contributed by atoms with van der Waals surface area (Å²) >= 11 is 0. The highest BCUT2D eigenvalue weighted by molar-refractivity contribution is 5.38. The molecule has 0 aromatic rings. The van der Waals surface area contributed by atoms with E-state index in [1.54, 1.807) is 0 Å². The fourth-order valence-electron chi connectivity index (χ4n) is 6.91. The van der Waals surface area contributed by atoms with Gasteiger partial charge in [0.25, 0.3) is 0 Å². The molecule has 0 saturated heterocycles. The van der Waals surface area contributed by atoms with Gasteiger partial charge in [-0.15, -0.1) is 0 Å². The van der Waals surface area contributed by atoms with E-state index in [9.17, 15) is 15.3 Å². The van der Waals surface area contributed by atoms with Gasteiger partial charge in [0.2, 0.25) is 0 Å². The molecule has 0 bridgehead atoms. The summed E-state index contributed by atoms with van der Waals surface area (Å²) in [6.45, 7) is 13.6. The van der Waals surface area contributed by atoms with Crippen LogP contribution in [0.5, 0.6) is 0 Å². The molecule has 0 amide bonds. The van der Waals surface area contributed by atoms with E-state index >= 15 is 0 Å². The van der Waals surface area contributed by atoms with Gasteiger partial charge in [0.1, 0.15) is 0 Å². The van der Waals surface area contributed by atoms with Crippen LogP contribution >= 0.6 is 0 Å². The molecule has 0 unspecified atom stereocenters. The summed E-state index contributed by atoms with van der Waals surface area (Å²) in [6.07, 6.45) is 13.8. The standard InChI is InChI=1S/C29H48O4/c1-6-29(32,7-2)16-9-17-33-21(4)25-13-14-26-22(10-8-15-28(25,26)5)11-12-23-18-24(30)19-27(31)20(23)3/h11-12,21,24-27,30-32H,3,6-10,13-19H2,1-2,4-5H3/b22-11+,23-12+/t21-,24-,25-,26+,27+,28-/m1/s1. The van der Waals surface area contributed by atoms with E-state index in [0.717, 1.165) is 49.9 Å². The van der Waals surface area contributed by atoms with Crippen LogP contribution in [0.3, 0.4) is 0 Å². The normalized spacial score (nSPS) is 36.4. The molecule has 0 aromatic carbocycles. The quantitative estimate of drug-likeness (QED) is 0.377. The predicted molar refractivity (Wildman–Crippen MR) is 135 cm³/mol. The van der Waals surface area contributed by atoms with Crippen LogP contribution in [0.4, 0.5) is 0 Å². The van der Waals surface area contributed by atoms with E-state index in [4.69, 9.17) is 4.74 Å². The number of allylic oxidation sites excluding steroid dienone is 3. The van der Waals surface area contributed by atoms with Crippen molar-refractivity contribution in [2.75, 3.05) is 6.61 Å². The molecule has 188 valence electrons. The van der Waals surface area contributed by atoms with Gasteiger partial charge in [0.05, 0.1) is 23.9 Å². The third-order valence-corrected chi connectivity index (χ3v) is 9.35. The molecule has 0 aliphatic heterocycles. The Bertz CT molecular complexity index is 734. The third kappa shape index (κ3) is 6.01. The van der Waals surface area contributed by atoms with E-state index in [1.807, 2.05) is 0 Å². The van der Waals surface area contributed by atoms with Gasteiger partial charge in [-0.1, -0.05) is 45.1 Å². The highest BCUT2D eigenvalue weighted by Crippen LogP contribution is 2.58. The predicted octanol–water partition coefficient (Wildman–Crippen LogP) is 5.86. The zero-order chi connectivity index (χ0) is 24.2. The van der Waals surface area contributed by atoms with Crippen molar-refractivity contribution < 1.29 is 20.1 Å². The lowest BCUT2D eigenvalue weighted by molar-refractivity contribution is -0.0365.